The molecular weight excluding hydrogens is 184 g/mol. The summed E-state index contributed by atoms with van der Waals surface area (Å²) in [5.74, 6) is 0.895. The highest BCUT2D eigenvalue weighted by atomic mass is 15.1. The molecule has 0 saturated heterocycles. The van der Waals surface area contributed by atoms with Gasteiger partial charge in [-0.3, -0.25) is 0 Å². The van der Waals surface area contributed by atoms with E-state index in [1.54, 1.807) is 0 Å². The highest BCUT2D eigenvalue weighted by molar-refractivity contribution is 4.90. The first-order chi connectivity index (χ1) is 7.33. The molecular formula is C13H26N2. The fourth-order valence-corrected chi connectivity index (χ4v) is 2.13. The van der Waals surface area contributed by atoms with Crippen LogP contribution in [0, 0.1) is 5.92 Å². The first kappa shape index (κ1) is 12.7. The minimum Gasteiger partial charge on any atom is -0.315 e. The van der Waals surface area contributed by atoms with Crippen LogP contribution in [0.5, 0.6) is 0 Å². The lowest BCUT2D eigenvalue weighted by atomic mass is 9.94. The van der Waals surface area contributed by atoms with Gasteiger partial charge in [0.1, 0.15) is 0 Å². The van der Waals surface area contributed by atoms with Crippen molar-refractivity contribution in [3.8, 4) is 0 Å². The Bertz CT molecular complexity index is 177. The molecule has 0 aromatic rings. The van der Waals surface area contributed by atoms with E-state index in [2.05, 4.69) is 36.3 Å². The average Bonchev–Trinajstić information content (AvgIpc) is 2.26. The molecule has 0 bridgehead atoms. The number of rotatable bonds is 7. The third-order valence-electron chi connectivity index (χ3n) is 3.04. The maximum atomic E-state index is 3.45. The van der Waals surface area contributed by atoms with Gasteiger partial charge in [-0.05, 0) is 45.2 Å². The van der Waals surface area contributed by atoms with Gasteiger partial charge in [0.05, 0.1) is 0 Å². The van der Waals surface area contributed by atoms with Crippen LogP contribution in [0.15, 0.2) is 12.2 Å². The van der Waals surface area contributed by atoms with E-state index in [9.17, 15) is 0 Å². The van der Waals surface area contributed by atoms with E-state index in [1.807, 2.05) is 0 Å². The largest absolute Gasteiger partial charge is 0.315 e. The van der Waals surface area contributed by atoms with Gasteiger partial charge in [0.2, 0.25) is 0 Å². The van der Waals surface area contributed by atoms with Gasteiger partial charge in [0.15, 0.2) is 0 Å². The van der Waals surface area contributed by atoms with Crippen molar-refractivity contribution in [3.05, 3.63) is 12.2 Å². The lowest BCUT2D eigenvalue weighted by Gasteiger charge is -2.24. The van der Waals surface area contributed by atoms with Gasteiger partial charge in [-0.15, -0.1) is 0 Å². The molecule has 0 amide bonds. The van der Waals surface area contributed by atoms with Crippen molar-refractivity contribution in [2.75, 3.05) is 33.2 Å². The molecule has 1 rings (SSSR count). The van der Waals surface area contributed by atoms with Crippen LogP contribution in [0.2, 0.25) is 0 Å². The van der Waals surface area contributed by atoms with Gasteiger partial charge in [0, 0.05) is 19.6 Å². The summed E-state index contributed by atoms with van der Waals surface area (Å²) in [6.45, 7) is 6.94. The second-order valence-electron chi connectivity index (χ2n) is 4.66. The summed E-state index contributed by atoms with van der Waals surface area (Å²) in [6, 6.07) is 0. The predicted molar refractivity (Wildman–Crippen MR) is 67.1 cm³/mol. The van der Waals surface area contributed by atoms with E-state index in [4.69, 9.17) is 0 Å². The standard InChI is InChI=1S/C13H26N2/c1-3-9-14-10-11-15(2)12-13-7-5-4-6-8-13/h4-5,13-14H,3,6-12H2,1-2H3. The van der Waals surface area contributed by atoms with Crippen molar-refractivity contribution < 1.29 is 0 Å². The Labute approximate surface area is 94.7 Å². The highest BCUT2D eigenvalue weighted by Crippen LogP contribution is 2.18. The molecule has 0 saturated carbocycles. The van der Waals surface area contributed by atoms with E-state index in [0.29, 0.717) is 0 Å². The highest BCUT2D eigenvalue weighted by Gasteiger charge is 2.11. The van der Waals surface area contributed by atoms with Crippen LogP contribution in [0.3, 0.4) is 0 Å². The zero-order valence-corrected chi connectivity index (χ0v) is 10.3. The molecule has 0 aliphatic heterocycles. The van der Waals surface area contributed by atoms with Gasteiger partial charge in [-0.1, -0.05) is 19.1 Å². The van der Waals surface area contributed by atoms with Crippen molar-refractivity contribution in [3.63, 3.8) is 0 Å². The van der Waals surface area contributed by atoms with Crippen LogP contribution in [0.25, 0.3) is 0 Å². The predicted octanol–water partition coefficient (Wildman–Crippen LogP) is 2.27. The summed E-state index contributed by atoms with van der Waals surface area (Å²) in [5.41, 5.74) is 0. The lowest BCUT2D eigenvalue weighted by Crippen LogP contribution is -2.33. The molecule has 88 valence electrons. The summed E-state index contributed by atoms with van der Waals surface area (Å²) in [5, 5.41) is 3.45. The summed E-state index contributed by atoms with van der Waals surface area (Å²) in [4.78, 5) is 2.46. The number of allylic oxidation sites excluding steroid dienone is 2. The maximum absolute atomic E-state index is 3.45. The Balaban J connectivity index is 2.02. The fourth-order valence-electron chi connectivity index (χ4n) is 2.13. The zero-order valence-electron chi connectivity index (χ0n) is 10.3. The first-order valence-corrected chi connectivity index (χ1v) is 6.37. The Kier molecular flexibility index (Phi) is 6.69. The van der Waals surface area contributed by atoms with Crippen molar-refractivity contribution in [2.45, 2.75) is 32.6 Å². The van der Waals surface area contributed by atoms with Crippen LogP contribution in [0.1, 0.15) is 32.6 Å². The van der Waals surface area contributed by atoms with Crippen LogP contribution >= 0.6 is 0 Å². The third kappa shape index (κ3) is 5.95. The summed E-state index contributed by atoms with van der Waals surface area (Å²) in [7, 11) is 2.24. The molecule has 1 unspecified atom stereocenters. The van der Waals surface area contributed by atoms with Crippen molar-refractivity contribution in [1.29, 1.82) is 0 Å². The second kappa shape index (κ2) is 7.89. The summed E-state index contributed by atoms with van der Waals surface area (Å²) < 4.78 is 0. The molecule has 1 aliphatic carbocycles. The Morgan fingerprint density at radius 3 is 2.87 bits per heavy atom. The molecule has 1 aliphatic rings. The van der Waals surface area contributed by atoms with Gasteiger partial charge < -0.3 is 10.2 Å². The molecule has 1 atom stereocenters. The van der Waals surface area contributed by atoms with Crippen molar-refractivity contribution in [1.82, 2.24) is 10.2 Å². The molecule has 0 radical (unpaired) electrons. The van der Waals surface area contributed by atoms with Crippen LogP contribution in [0.4, 0.5) is 0 Å². The van der Waals surface area contributed by atoms with E-state index in [0.717, 1.165) is 19.0 Å². The molecule has 0 spiro atoms. The SMILES string of the molecule is CCCNCCN(C)CC1CC=CCC1. The number of nitrogens with zero attached hydrogens (tertiary/aromatic N) is 1. The zero-order chi connectivity index (χ0) is 10.9. The summed E-state index contributed by atoms with van der Waals surface area (Å²) >= 11 is 0. The van der Waals surface area contributed by atoms with E-state index in [-0.39, 0.29) is 0 Å². The van der Waals surface area contributed by atoms with E-state index in [1.165, 1.54) is 38.8 Å². The molecule has 0 heterocycles. The van der Waals surface area contributed by atoms with Gasteiger partial charge in [0.25, 0.3) is 0 Å². The summed E-state index contributed by atoms with van der Waals surface area (Å²) in [6.07, 6.45) is 9.84. The Morgan fingerprint density at radius 2 is 2.20 bits per heavy atom. The van der Waals surface area contributed by atoms with Crippen molar-refractivity contribution in [2.24, 2.45) is 5.92 Å². The van der Waals surface area contributed by atoms with Crippen LogP contribution < -0.4 is 5.32 Å². The Morgan fingerprint density at radius 1 is 1.33 bits per heavy atom. The van der Waals surface area contributed by atoms with E-state index < -0.39 is 0 Å². The molecule has 0 aromatic carbocycles. The number of nitrogens with one attached hydrogen (secondary N) is 1. The Hall–Kier alpha value is -0.340. The maximum Gasteiger partial charge on any atom is 0.0104 e. The minimum absolute atomic E-state index is 0.895. The smallest absolute Gasteiger partial charge is 0.0104 e. The molecule has 2 nitrogen and oxygen atoms in total. The van der Waals surface area contributed by atoms with Crippen LogP contribution in [-0.2, 0) is 0 Å². The lowest BCUT2D eigenvalue weighted by molar-refractivity contribution is 0.265. The quantitative estimate of drug-likeness (QED) is 0.512. The molecule has 0 fully saturated rings. The van der Waals surface area contributed by atoms with Gasteiger partial charge in [-0.25, -0.2) is 0 Å². The minimum atomic E-state index is 0.895. The third-order valence-corrected chi connectivity index (χ3v) is 3.04. The van der Waals surface area contributed by atoms with Gasteiger partial charge in [-0.2, -0.15) is 0 Å². The second-order valence-corrected chi connectivity index (χ2v) is 4.66. The first-order valence-electron chi connectivity index (χ1n) is 6.37. The van der Waals surface area contributed by atoms with Crippen LogP contribution in [-0.4, -0.2) is 38.1 Å². The monoisotopic (exact) mass is 210 g/mol. The van der Waals surface area contributed by atoms with E-state index >= 15 is 0 Å². The average molecular weight is 210 g/mol. The molecule has 15 heavy (non-hydrogen) atoms. The topological polar surface area (TPSA) is 15.3 Å². The number of hydrogen-bond acceptors (Lipinski definition) is 2. The van der Waals surface area contributed by atoms with Gasteiger partial charge >= 0.3 is 0 Å². The molecule has 1 N–H and O–H groups in total. The molecule has 0 aromatic heterocycles. The molecule has 2 heteroatoms. The number of hydrogen-bond donors (Lipinski definition) is 1. The normalized spacial score (nSPS) is 21.1. The fraction of sp³-hybridized carbons (Fsp3) is 0.846. The van der Waals surface area contributed by atoms with Crippen molar-refractivity contribution >= 4 is 0 Å². The number of likely N-dealkylation sites (N-methyl/N-ethyl adjacent to an activating group) is 1.